The van der Waals surface area contributed by atoms with Crippen LogP contribution in [-0.2, 0) is 10.0 Å². The number of carbonyl (C=O) groups excluding carboxylic acids is 1. The number of carbonyl (C=O) groups is 1. The summed E-state index contributed by atoms with van der Waals surface area (Å²) in [5.74, 6) is -0.0797. The van der Waals surface area contributed by atoms with Gasteiger partial charge in [-0.15, -0.1) is 0 Å². The number of benzene rings is 1. The highest BCUT2D eigenvalue weighted by Gasteiger charge is 2.26. The zero-order valence-electron chi connectivity index (χ0n) is 14.1. The summed E-state index contributed by atoms with van der Waals surface area (Å²) in [6.45, 7) is 1.19. The highest BCUT2D eigenvalue weighted by atomic mass is 32.2. The van der Waals surface area contributed by atoms with Crippen molar-refractivity contribution in [1.29, 1.82) is 0 Å². The molecule has 1 aliphatic heterocycles. The summed E-state index contributed by atoms with van der Waals surface area (Å²) in [7, 11) is -1.91. The van der Waals surface area contributed by atoms with E-state index in [1.807, 2.05) is 0 Å². The number of nitrogens with zero attached hydrogens (tertiary/aromatic N) is 2. The molecule has 1 heterocycles. The van der Waals surface area contributed by atoms with Crippen LogP contribution < -0.4 is 9.46 Å². The first-order chi connectivity index (χ1) is 11.7. The molecular formula is C15H21N3O6S. The molecular weight excluding hydrogens is 350 g/mol. The molecule has 2 rings (SSSR count). The Morgan fingerprint density at radius 3 is 2.76 bits per heavy atom. The van der Waals surface area contributed by atoms with E-state index in [4.69, 9.17) is 4.74 Å². The fourth-order valence-corrected chi connectivity index (χ4v) is 3.34. The lowest BCUT2D eigenvalue weighted by molar-refractivity contribution is -0.385. The van der Waals surface area contributed by atoms with Crippen molar-refractivity contribution in [3.05, 3.63) is 33.9 Å². The van der Waals surface area contributed by atoms with E-state index in [0.29, 0.717) is 13.1 Å². The van der Waals surface area contributed by atoms with Crippen molar-refractivity contribution in [2.24, 2.45) is 5.92 Å². The van der Waals surface area contributed by atoms with Crippen LogP contribution in [-0.4, -0.2) is 57.1 Å². The van der Waals surface area contributed by atoms with Crippen molar-refractivity contribution >= 4 is 21.6 Å². The highest BCUT2D eigenvalue weighted by molar-refractivity contribution is 7.88. The molecule has 0 saturated carbocycles. The number of amides is 1. The number of piperidine rings is 1. The van der Waals surface area contributed by atoms with Crippen LogP contribution in [0.4, 0.5) is 5.69 Å². The topological polar surface area (TPSA) is 119 Å². The van der Waals surface area contributed by atoms with Crippen LogP contribution in [0.2, 0.25) is 0 Å². The molecule has 25 heavy (non-hydrogen) atoms. The Hall–Kier alpha value is -2.20. The minimum Gasteiger partial charge on any atom is -0.496 e. The maximum absolute atomic E-state index is 12.7. The number of hydrogen-bond donors (Lipinski definition) is 1. The number of methoxy groups -OCH3 is 1. The molecule has 1 aliphatic rings. The molecule has 0 radical (unpaired) electrons. The van der Waals surface area contributed by atoms with Gasteiger partial charge in [-0.2, -0.15) is 0 Å². The molecule has 10 heteroatoms. The van der Waals surface area contributed by atoms with Crippen LogP contribution in [0.25, 0.3) is 0 Å². The van der Waals surface area contributed by atoms with E-state index >= 15 is 0 Å². The zero-order chi connectivity index (χ0) is 18.6. The lowest BCUT2D eigenvalue weighted by Gasteiger charge is -2.32. The Morgan fingerprint density at radius 1 is 1.44 bits per heavy atom. The largest absolute Gasteiger partial charge is 0.496 e. The molecule has 0 aromatic heterocycles. The Bertz CT molecular complexity index is 765. The summed E-state index contributed by atoms with van der Waals surface area (Å²) in [6.07, 6.45) is 2.65. The number of nitro benzene ring substituents is 1. The molecule has 1 saturated heterocycles. The van der Waals surface area contributed by atoms with Crippen LogP contribution >= 0.6 is 0 Å². The van der Waals surface area contributed by atoms with E-state index in [1.165, 1.54) is 25.3 Å². The third-order valence-electron chi connectivity index (χ3n) is 4.03. The summed E-state index contributed by atoms with van der Waals surface area (Å²) in [4.78, 5) is 24.7. The third kappa shape index (κ3) is 5.40. The highest BCUT2D eigenvalue weighted by Crippen LogP contribution is 2.25. The van der Waals surface area contributed by atoms with E-state index < -0.39 is 14.9 Å². The molecule has 1 fully saturated rings. The minimum absolute atomic E-state index is 0.00742. The second-order valence-electron chi connectivity index (χ2n) is 6.06. The number of sulfonamides is 1. The SMILES string of the molecule is COc1cc(C(=O)N2CCCC(CNS(C)(=O)=O)C2)cc([N+](=O)[O-])c1. The summed E-state index contributed by atoms with van der Waals surface area (Å²) >= 11 is 0. The van der Waals surface area contributed by atoms with Crippen molar-refractivity contribution in [3.63, 3.8) is 0 Å². The van der Waals surface area contributed by atoms with E-state index in [-0.39, 0.29) is 35.4 Å². The normalized spacial score (nSPS) is 18.0. The monoisotopic (exact) mass is 371 g/mol. The van der Waals surface area contributed by atoms with Gasteiger partial charge in [0.2, 0.25) is 10.0 Å². The van der Waals surface area contributed by atoms with Gasteiger partial charge in [-0.25, -0.2) is 13.1 Å². The number of likely N-dealkylation sites (tertiary alicyclic amines) is 1. The van der Waals surface area contributed by atoms with Crippen molar-refractivity contribution in [2.75, 3.05) is 33.0 Å². The molecule has 1 aromatic rings. The first-order valence-corrected chi connectivity index (χ1v) is 9.66. The standard InChI is InChI=1S/C15H21N3O6S/c1-24-14-7-12(6-13(8-14)18(20)21)15(19)17-5-3-4-11(10-17)9-16-25(2,22)23/h6-8,11,16H,3-5,9-10H2,1-2H3. The van der Waals surface area contributed by atoms with Gasteiger partial charge in [0.15, 0.2) is 0 Å². The first-order valence-electron chi connectivity index (χ1n) is 7.77. The second kappa shape index (κ2) is 7.79. The molecule has 1 aromatic carbocycles. The van der Waals surface area contributed by atoms with Gasteiger partial charge in [0.1, 0.15) is 5.75 Å². The number of nitrogens with one attached hydrogen (secondary N) is 1. The quantitative estimate of drug-likeness (QED) is 0.589. The Balaban J connectivity index is 2.14. The second-order valence-corrected chi connectivity index (χ2v) is 7.89. The summed E-state index contributed by atoms with van der Waals surface area (Å²) < 4.78 is 29.9. The number of hydrogen-bond acceptors (Lipinski definition) is 6. The molecule has 1 unspecified atom stereocenters. The van der Waals surface area contributed by atoms with E-state index in [9.17, 15) is 23.3 Å². The molecule has 0 bridgehead atoms. The molecule has 0 aliphatic carbocycles. The number of ether oxygens (including phenoxy) is 1. The van der Waals surface area contributed by atoms with Crippen LogP contribution in [0.3, 0.4) is 0 Å². The predicted molar refractivity (Wildman–Crippen MR) is 91.1 cm³/mol. The average molecular weight is 371 g/mol. The number of non-ortho nitro benzene ring substituents is 1. The molecule has 1 atom stereocenters. The van der Waals surface area contributed by atoms with Crippen molar-refractivity contribution < 1.29 is 22.9 Å². The van der Waals surface area contributed by atoms with Crippen LogP contribution in [0.5, 0.6) is 5.75 Å². The van der Waals surface area contributed by atoms with Gasteiger partial charge in [-0.1, -0.05) is 0 Å². The molecule has 0 spiro atoms. The van der Waals surface area contributed by atoms with Crippen molar-refractivity contribution in [2.45, 2.75) is 12.8 Å². The van der Waals surface area contributed by atoms with Gasteiger partial charge >= 0.3 is 0 Å². The average Bonchev–Trinajstić information content (AvgIpc) is 2.58. The lowest BCUT2D eigenvalue weighted by Crippen LogP contribution is -2.43. The molecule has 1 amide bonds. The van der Waals surface area contributed by atoms with E-state index in [1.54, 1.807) is 4.90 Å². The van der Waals surface area contributed by atoms with Crippen LogP contribution in [0.15, 0.2) is 18.2 Å². The maximum Gasteiger partial charge on any atom is 0.273 e. The van der Waals surface area contributed by atoms with Crippen LogP contribution in [0, 0.1) is 16.0 Å². The van der Waals surface area contributed by atoms with Gasteiger partial charge < -0.3 is 9.64 Å². The zero-order valence-corrected chi connectivity index (χ0v) is 14.9. The van der Waals surface area contributed by atoms with Gasteiger partial charge in [0.05, 0.1) is 29.9 Å². The van der Waals surface area contributed by atoms with Crippen LogP contribution in [0.1, 0.15) is 23.2 Å². The molecule has 138 valence electrons. The Labute approximate surface area is 146 Å². The number of rotatable bonds is 6. The summed E-state index contributed by atoms with van der Waals surface area (Å²) in [5.41, 5.74) is -0.0298. The first kappa shape index (κ1) is 19.1. The Morgan fingerprint density at radius 2 is 2.16 bits per heavy atom. The minimum atomic E-state index is -3.28. The van der Waals surface area contributed by atoms with Gasteiger partial charge in [-0.05, 0) is 24.8 Å². The van der Waals surface area contributed by atoms with Gasteiger partial charge in [0.25, 0.3) is 11.6 Å². The summed E-state index contributed by atoms with van der Waals surface area (Å²) in [5, 5.41) is 11.0. The number of nitro groups is 1. The van der Waals surface area contributed by atoms with Crippen molar-refractivity contribution in [3.8, 4) is 5.75 Å². The van der Waals surface area contributed by atoms with E-state index in [0.717, 1.165) is 19.1 Å². The maximum atomic E-state index is 12.7. The molecule has 1 N–H and O–H groups in total. The van der Waals surface area contributed by atoms with E-state index in [2.05, 4.69) is 4.72 Å². The van der Waals surface area contributed by atoms with Gasteiger partial charge in [-0.3, -0.25) is 14.9 Å². The van der Waals surface area contributed by atoms with Gasteiger partial charge in [0, 0.05) is 25.7 Å². The third-order valence-corrected chi connectivity index (χ3v) is 4.72. The Kier molecular flexibility index (Phi) is 5.96. The fraction of sp³-hybridized carbons (Fsp3) is 0.533. The lowest BCUT2D eigenvalue weighted by atomic mass is 9.97. The predicted octanol–water partition coefficient (Wildman–Crippen LogP) is 1.00. The smallest absolute Gasteiger partial charge is 0.273 e. The fourth-order valence-electron chi connectivity index (χ4n) is 2.80. The molecule has 9 nitrogen and oxygen atoms in total. The van der Waals surface area contributed by atoms with Crippen molar-refractivity contribution in [1.82, 2.24) is 9.62 Å². The summed E-state index contributed by atoms with van der Waals surface area (Å²) in [6, 6.07) is 3.95.